The summed E-state index contributed by atoms with van der Waals surface area (Å²) in [4.78, 5) is 16.5. The van der Waals surface area contributed by atoms with Gasteiger partial charge < -0.3 is 9.80 Å². The second kappa shape index (κ2) is 5.67. The highest BCUT2D eigenvalue weighted by Crippen LogP contribution is 2.16. The van der Waals surface area contributed by atoms with Gasteiger partial charge in [0.25, 0.3) is 0 Å². The van der Waals surface area contributed by atoms with Crippen LogP contribution in [-0.4, -0.2) is 48.4 Å². The van der Waals surface area contributed by atoms with Crippen LogP contribution in [0.4, 0.5) is 0 Å². The summed E-state index contributed by atoms with van der Waals surface area (Å²) in [6.07, 6.45) is 5.84. The topological polar surface area (TPSA) is 23.6 Å². The first kappa shape index (κ1) is 11.9. The monoisotopic (exact) mass is 224 g/mol. The van der Waals surface area contributed by atoms with Crippen molar-refractivity contribution in [2.75, 3.05) is 32.7 Å². The first-order valence-electron chi connectivity index (χ1n) is 6.76. The smallest absolute Gasteiger partial charge is 0.223 e. The van der Waals surface area contributed by atoms with Crippen LogP contribution >= 0.6 is 0 Å². The van der Waals surface area contributed by atoms with E-state index in [4.69, 9.17) is 0 Å². The lowest BCUT2D eigenvalue weighted by Crippen LogP contribution is -2.40. The van der Waals surface area contributed by atoms with Crippen LogP contribution in [0.3, 0.4) is 0 Å². The van der Waals surface area contributed by atoms with E-state index >= 15 is 0 Å². The molecule has 2 saturated heterocycles. The van der Waals surface area contributed by atoms with E-state index in [0.29, 0.717) is 11.8 Å². The number of piperidine rings is 1. The lowest BCUT2D eigenvalue weighted by atomic mass is 10.00. The van der Waals surface area contributed by atoms with Crippen molar-refractivity contribution < 1.29 is 4.79 Å². The van der Waals surface area contributed by atoms with Gasteiger partial charge >= 0.3 is 0 Å². The third-order valence-electron chi connectivity index (χ3n) is 3.85. The molecule has 0 bridgehead atoms. The summed E-state index contributed by atoms with van der Waals surface area (Å²) < 4.78 is 0. The number of likely N-dealkylation sites (tertiary alicyclic amines) is 2. The summed E-state index contributed by atoms with van der Waals surface area (Å²) >= 11 is 0. The molecule has 2 aliphatic rings. The Labute approximate surface area is 98.8 Å². The third-order valence-corrected chi connectivity index (χ3v) is 3.85. The van der Waals surface area contributed by atoms with E-state index in [-0.39, 0.29) is 0 Å². The van der Waals surface area contributed by atoms with Gasteiger partial charge in [-0.3, -0.25) is 4.79 Å². The van der Waals surface area contributed by atoms with E-state index < -0.39 is 0 Å². The van der Waals surface area contributed by atoms with Crippen LogP contribution < -0.4 is 0 Å². The van der Waals surface area contributed by atoms with Gasteiger partial charge in [-0.15, -0.1) is 0 Å². The standard InChI is InChI=1S/C13H24N2O/c1-12-5-4-9-15(11-12)13(16)6-10-14-7-2-3-8-14/h12H,2-11H2,1H3. The van der Waals surface area contributed by atoms with Crippen molar-refractivity contribution in [3.8, 4) is 0 Å². The van der Waals surface area contributed by atoms with Gasteiger partial charge in [-0.2, -0.15) is 0 Å². The molecule has 0 saturated carbocycles. The maximum Gasteiger partial charge on any atom is 0.223 e. The van der Waals surface area contributed by atoms with E-state index in [1.807, 2.05) is 0 Å². The highest BCUT2D eigenvalue weighted by Gasteiger charge is 2.21. The Hall–Kier alpha value is -0.570. The Morgan fingerprint density at radius 2 is 1.94 bits per heavy atom. The number of hydrogen-bond donors (Lipinski definition) is 0. The summed E-state index contributed by atoms with van der Waals surface area (Å²) in [6, 6.07) is 0. The van der Waals surface area contributed by atoms with Crippen LogP contribution in [0, 0.1) is 5.92 Å². The quantitative estimate of drug-likeness (QED) is 0.729. The summed E-state index contributed by atoms with van der Waals surface area (Å²) in [6.45, 7) is 7.60. The fourth-order valence-electron chi connectivity index (χ4n) is 2.83. The Morgan fingerprint density at radius 1 is 1.19 bits per heavy atom. The lowest BCUT2D eigenvalue weighted by Gasteiger charge is -2.31. The van der Waals surface area contributed by atoms with Crippen LogP contribution in [0.5, 0.6) is 0 Å². The zero-order chi connectivity index (χ0) is 11.4. The molecule has 0 spiro atoms. The lowest BCUT2D eigenvalue weighted by molar-refractivity contribution is -0.133. The summed E-state index contributed by atoms with van der Waals surface area (Å²) in [5.74, 6) is 1.07. The first-order chi connectivity index (χ1) is 7.75. The Kier molecular flexibility index (Phi) is 4.22. The van der Waals surface area contributed by atoms with E-state index in [0.717, 1.165) is 26.1 Å². The molecular formula is C13H24N2O. The molecule has 0 aromatic carbocycles. The molecular weight excluding hydrogens is 200 g/mol. The highest BCUT2D eigenvalue weighted by molar-refractivity contribution is 5.76. The number of amides is 1. The largest absolute Gasteiger partial charge is 0.342 e. The molecule has 3 heteroatoms. The predicted octanol–water partition coefficient (Wildman–Crippen LogP) is 1.73. The molecule has 1 atom stereocenters. The Morgan fingerprint density at radius 3 is 2.62 bits per heavy atom. The fraction of sp³-hybridized carbons (Fsp3) is 0.923. The molecule has 0 aromatic rings. The minimum atomic E-state index is 0.374. The second-order valence-electron chi connectivity index (χ2n) is 5.39. The molecule has 0 N–H and O–H groups in total. The number of carbonyl (C=O) groups is 1. The van der Waals surface area contributed by atoms with Crippen molar-refractivity contribution in [3.63, 3.8) is 0 Å². The van der Waals surface area contributed by atoms with Gasteiger partial charge in [-0.1, -0.05) is 6.92 Å². The predicted molar refractivity (Wildman–Crippen MR) is 65.3 cm³/mol. The molecule has 92 valence electrons. The van der Waals surface area contributed by atoms with E-state index in [1.165, 1.54) is 38.8 Å². The highest BCUT2D eigenvalue weighted by atomic mass is 16.2. The minimum Gasteiger partial charge on any atom is -0.342 e. The molecule has 0 aliphatic carbocycles. The van der Waals surface area contributed by atoms with Gasteiger partial charge in [-0.05, 0) is 44.7 Å². The molecule has 2 rings (SSSR count). The van der Waals surface area contributed by atoms with E-state index in [1.54, 1.807) is 0 Å². The first-order valence-corrected chi connectivity index (χ1v) is 6.76. The molecule has 2 aliphatic heterocycles. The van der Waals surface area contributed by atoms with Gasteiger partial charge in [0.2, 0.25) is 5.91 Å². The van der Waals surface area contributed by atoms with Crippen molar-refractivity contribution >= 4 is 5.91 Å². The molecule has 0 aromatic heterocycles. The maximum atomic E-state index is 12.0. The zero-order valence-electron chi connectivity index (χ0n) is 10.5. The minimum absolute atomic E-state index is 0.374. The molecule has 2 heterocycles. The fourth-order valence-corrected chi connectivity index (χ4v) is 2.83. The number of rotatable bonds is 3. The van der Waals surface area contributed by atoms with Crippen LogP contribution in [0.2, 0.25) is 0 Å². The molecule has 16 heavy (non-hydrogen) atoms. The number of hydrogen-bond acceptors (Lipinski definition) is 2. The third kappa shape index (κ3) is 3.21. The molecule has 2 fully saturated rings. The van der Waals surface area contributed by atoms with Crippen LogP contribution in [0.15, 0.2) is 0 Å². The zero-order valence-corrected chi connectivity index (χ0v) is 10.5. The van der Waals surface area contributed by atoms with Gasteiger partial charge in [0.15, 0.2) is 0 Å². The van der Waals surface area contributed by atoms with Gasteiger partial charge in [0, 0.05) is 26.1 Å². The average Bonchev–Trinajstić information content (AvgIpc) is 2.78. The van der Waals surface area contributed by atoms with Crippen LogP contribution in [0.25, 0.3) is 0 Å². The number of carbonyl (C=O) groups excluding carboxylic acids is 1. The van der Waals surface area contributed by atoms with E-state index in [2.05, 4.69) is 16.7 Å². The average molecular weight is 224 g/mol. The van der Waals surface area contributed by atoms with Gasteiger partial charge in [0.1, 0.15) is 0 Å². The second-order valence-corrected chi connectivity index (χ2v) is 5.39. The molecule has 0 radical (unpaired) electrons. The Bertz CT molecular complexity index is 236. The van der Waals surface area contributed by atoms with Crippen molar-refractivity contribution in [1.29, 1.82) is 0 Å². The van der Waals surface area contributed by atoms with Gasteiger partial charge in [-0.25, -0.2) is 0 Å². The SMILES string of the molecule is CC1CCCN(C(=O)CCN2CCCC2)C1. The Balaban J connectivity index is 1.70. The molecule has 1 amide bonds. The number of nitrogens with zero attached hydrogens (tertiary/aromatic N) is 2. The summed E-state index contributed by atoms with van der Waals surface area (Å²) in [5, 5.41) is 0. The molecule has 3 nitrogen and oxygen atoms in total. The van der Waals surface area contributed by atoms with Crippen molar-refractivity contribution in [3.05, 3.63) is 0 Å². The molecule has 1 unspecified atom stereocenters. The van der Waals surface area contributed by atoms with Crippen molar-refractivity contribution in [2.24, 2.45) is 5.92 Å². The summed E-state index contributed by atoms with van der Waals surface area (Å²) in [5.41, 5.74) is 0. The normalized spacial score (nSPS) is 27.3. The van der Waals surface area contributed by atoms with Crippen molar-refractivity contribution in [1.82, 2.24) is 9.80 Å². The van der Waals surface area contributed by atoms with Crippen molar-refractivity contribution in [2.45, 2.75) is 39.0 Å². The van der Waals surface area contributed by atoms with E-state index in [9.17, 15) is 4.79 Å². The van der Waals surface area contributed by atoms with Crippen LogP contribution in [0.1, 0.15) is 39.0 Å². The summed E-state index contributed by atoms with van der Waals surface area (Å²) in [7, 11) is 0. The maximum absolute atomic E-state index is 12.0. The van der Waals surface area contributed by atoms with Gasteiger partial charge in [0.05, 0.1) is 0 Å². The van der Waals surface area contributed by atoms with Crippen LogP contribution in [-0.2, 0) is 4.79 Å².